The highest BCUT2D eigenvalue weighted by atomic mass is 32.2. The van der Waals surface area contributed by atoms with Gasteiger partial charge in [0.2, 0.25) is 0 Å². The molecule has 0 unspecified atom stereocenters. The molecule has 0 aromatic heterocycles. The van der Waals surface area contributed by atoms with Gasteiger partial charge in [0.15, 0.2) is 6.61 Å². The Balaban J connectivity index is 1.68. The summed E-state index contributed by atoms with van der Waals surface area (Å²) < 4.78 is 34.1. The summed E-state index contributed by atoms with van der Waals surface area (Å²) in [6.45, 7) is 12.2. The smallest absolute Gasteiger partial charge is 0.341 e. The molecule has 6 nitrogen and oxygen atoms in total. The monoisotopic (exact) mass is 507 g/mol. The van der Waals surface area contributed by atoms with Crippen molar-refractivity contribution in [3.05, 3.63) is 77.4 Å². The lowest BCUT2D eigenvalue weighted by Crippen LogP contribution is -2.34. The van der Waals surface area contributed by atoms with Crippen LogP contribution in [0.2, 0.25) is 0 Å². The molecule has 4 rings (SSSR count). The van der Waals surface area contributed by atoms with Crippen LogP contribution in [-0.4, -0.2) is 32.6 Å². The van der Waals surface area contributed by atoms with Gasteiger partial charge in [-0.2, -0.15) is 0 Å². The van der Waals surface area contributed by atoms with E-state index in [1.807, 2.05) is 12.1 Å². The fourth-order valence-electron chi connectivity index (χ4n) is 4.59. The van der Waals surface area contributed by atoms with Gasteiger partial charge in [-0.1, -0.05) is 65.0 Å². The second-order valence-electron chi connectivity index (χ2n) is 11.1. The van der Waals surface area contributed by atoms with E-state index in [1.54, 1.807) is 6.92 Å². The Bertz CT molecular complexity index is 1420. The zero-order valence-electron chi connectivity index (χ0n) is 21.6. The molecule has 1 aliphatic rings. The standard InChI is InChI=1S/C29H33NO5S/c1-19-15-23(12-14-26(19)35-17-27(31)32)36(33,34)30-18-29(5,6)24-16-21(9-13-25(24)30)20-7-10-22(11-8-20)28(2,3)4/h7-16H,17-18H2,1-6H3,(H,31,32). The van der Waals surface area contributed by atoms with Gasteiger partial charge in [-0.05, 0) is 70.5 Å². The molecule has 7 heteroatoms. The molecule has 0 aliphatic carbocycles. The quantitative estimate of drug-likeness (QED) is 0.448. The highest BCUT2D eigenvalue weighted by Crippen LogP contribution is 2.45. The fraction of sp³-hybridized carbons (Fsp3) is 0.345. The summed E-state index contributed by atoms with van der Waals surface area (Å²) in [4.78, 5) is 10.9. The van der Waals surface area contributed by atoms with Crippen molar-refractivity contribution in [2.45, 2.75) is 57.3 Å². The first kappa shape index (κ1) is 25.8. The number of hydrogen-bond donors (Lipinski definition) is 1. The van der Waals surface area contributed by atoms with Gasteiger partial charge in [0.25, 0.3) is 10.0 Å². The normalized spacial score (nSPS) is 15.0. The van der Waals surface area contributed by atoms with Gasteiger partial charge in [0.1, 0.15) is 5.75 Å². The number of ether oxygens (including phenoxy) is 1. The zero-order chi connectivity index (χ0) is 26.5. The number of rotatable bonds is 6. The third kappa shape index (κ3) is 4.85. The molecule has 0 saturated carbocycles. The SMILES string of the molecule is Cc1cc(S(=O)(=O)N2CC(C)(C)c3cc(-c4ccc(C(C)(C)C)cc4)ccc32)ccc1OCC(=O)O. The number of hydrogen-bond acceptors (Lipinski definition) is 4. The number of aliphatic carboxylic acids is 1. The number of benzene rings is 3. The maximum Gasteiger partial charge on any atom is 0.341 e. The van der Waals surface area contributed by atoms with Crippen LogP contribution in [0.4, 0.5) is 5.69 Å². The van der Waals surface area contributed by atoms with Crippen LogP contribution >= 0.6 is 0 Å². The maximum absolute atomic E-state index is 13.7. The fourth-order valence-corrected chi connectivity index (χ4v) is 6.32. The second kappa shape index (κ2) is 8.96. The predicted molar refractivity (Wildman–Crippen MR) is 142 cm³/mol. The summed E-state index contributed by atoms with van der Waals surface area (Å²) in [6, 6.07) is 19.0. The number of nitrogens with zero attached hydrogens (tertiary/aromatic N) is 1. The number of fused-ring (bicyclic) bond motifs is 1. The molecule has 0 spiro atoms. The van der Waals surface area contributed by atoms with Gasteiger partial charge in [-0.25, -0.2) is 13.2 Å². The third-order valence-electron chi connectivity index (χ3n) is 6.70. The molecule has 0 saturated heterocycles. The van der Waals surface area contributed by atoms with Gasteiger partial charge < -0.3 is 9.84 Å². The van der Waals surface area contributed by atoms with E-state index in [-0.39, 0.29) is 15.7 Å². The predicted octanol–water partition coefficient (Wildman–Crippen LogP) is 5.91. The minimum absolute atomic E-state index is 0.0757. The van der Waals surface area contributed by atoms with E-state index in [0.717, 1.165) is 16.7 Å². The first-order valence-corrected chi connectivity index (χ1v) is 13.4. The Morgan fingerprint density at radius 3 is 2.22 bits per heavy atom. The van der Waals surface area contributed by atoms with Gasteiger partial charge in [-0.3, -0.25) is 4.31 Å². The summed E-state index contributed by atoms with van der Waals surface area (Å²) in [5.41, 5.74) is 5.34. The third-order valence-corrected chi connectivity index (χ3v) is 8.46. The van der Waals surface area contributed by atoms with E-state index < -0.39 is 22.6 Å². The zero-order valence-corrected chi connectivity index (χ0v) is 22.4. The largest absolute Gasteiger partial charge is 0.482 e. The number of aryl methyl sites for hydroxylation is 1. The molecule has 0 radical (unpaired) electrons. The van der Waals surface area contributed by atoms with Crippen LogP contribution < -0.4 is 9.04 Å². The Kier molecular flexibility index (Phi) is 6.41. The topological polar surface area (TPSA) is 83.9 Å². The Morgan fingerprint density at radius 2 is 1.64 bits per heavy atom. The van der Waals surface area contributed by atoms with Crippen LogP contribution in [0, 0.1) is 6.92 Å². The average Bonchev–Trinajstić information content (AvgIpc) is 3.08. The van der Waals surface area contributed by atoms with Gasteiger partial charge in [0.05, 0.1) is 10.6 Å². The van der Waals surface area contributed by atoms with Crippen molar-refractivity contribution in [2.75, 3.05) is 17.5 Å². The Labute approximate surface area is 213 Å². The molecule has 36 heavy (non-hydrogen) atoms. The molecule has 0 amide bonds. The van der Waals surface area contributed by atoms with Crippen LogP contribution in [0.1, 0.15) is 51.3 Å². The molecular weight excluding hydrogens is 474 g/mol. The van der Waals surface area contributed by atoms with Crippen molar-refractivity contribution in [2.24, 2.45) is 0 Å². The lowest BCUT2D eigenvalue weighted by Gasteiger charge is -2.22. The summed E-state index contributed by atoms with van der Waals surface area (Å²) in [5.74, 6) is -0.743. The van der Waals surface area contributed by atoms with Gasteiger partial charge in [-0.15, -0.1) is 0 Å². The first-order chi connectivity index (χ1) is 16.7. The van der Waals surface area contributed by atoms with E-state index in [4.69, 9.17) is 9.84 Å². The van der Waals surface area contributed by atoms with Crippen LogP contribution in [0.5, 0.6) is 5.75 Å². The lowest BCUT2D eigenvalue weighted by atomic mass is 9.84. The minimum Gasteiger partial charge on any atom is -0.482 e. The van der Waals surface area contributed by atoms with E-state index in [2.05, 4.69) is 65.0 Å². The highest BCUT2D eigenvalue weighted by Gasteiger charge is 2.41. The molecule has 1 aliphatic heterocycles. The van der Waals surface area contributed by atoms with Crippen molar-refractivity contribution in [3.63, 3.8) is 0 Å². The van der Waals surface area contributed by atoms with Crippen molar-refractivity contribution in [1.82, 2.24) is 0 Å². The molecule has 3 aromatic rings. The van der Waals surface area contributed by atoms with E-state index in [1.165, 1.54) is 28.1 Å². The molecule has 190 valence electrons. The molecular formula is C29H33NO5S. The molecule has 0 fully saturated rings. The first-order valence-electron chi connectivity index (χ1n) is 11.9. The average molecular weight is 508 g/mol. The second-order valence-corrected chi connectivity index (χ2v) is 12.9. The van der Waals surface area contributed by atoms with Crippen LogP contribution in [0.15, 0.2) is 65.6 Å². The number of carbonyl (C=O) groups is 1. The number of carboxylic acids is 1. The maximum atomic E-state index is 13.7. The van der Waals surface area contributed by atoms with Crippen molar-refractivity contribution >= 4 is 21.7 Å². The number of sulfonamides is 1. The Morgan fingerprint density at radius 1 is 1.00 bits per heavy atom. The van der Waals surface area contributed by atoms with E-state index in [0.29, 0.717) is 23.5 Å². The number of carboxylic acid groups (broad SMARTS) is 1. The van der Waals surface area contributed by atoms with Crippen LogP contribution in [0.25, 0.3) is 11.1 Å². The van der Waals surface area contributed by atoms with Crippen molar-refractivity contribution in [1.29, 1.82) is 0 Å². The summed E-state index contributed by atoms with van der Waals surface area (Å²) in [7, 11) is -3.83. The summed E-state index contributed by atoms with van der Waals surface area (Å²) >= 11 is 0. The summed E-state index contributed by atoms with van der Waals surface area (Å²) in [6.07, 6.45) is 0. The molecule has 3 aromatic carbocycles. The number of anilines is 1. The molecule has 1 N–H and O–H groups in total. The highest BCUT2D eigenvalue weighted by molar-refractivity contribution is 7.92. The van der Waals surface area contributed by atoms with Crippen LogP contribution in [0.3, 0.4) is 0 Å². The Hall–Kier alpha value is -3.32. The van der Waals surface area contributed by atoms with Crippen LogP contribution in [-0.2, 0) is 25.6 Å². The molecule has 0 atom stereocenters. The van der Waals surface area contributed by atoms with Crippen molar-refractivity contribution in [3.8, 4) is 16.9 Å². The minimum atomic E-state index is -3.83. The van der Waals surface area contributed by atoms with E-state index in [9.17, 15) is 13.2 Å². The summed E-state index contributed by atoms with van der Waals surface area (Å²) in [5, 5.41) is 8.84. The molecule has 1 heterocycles. The lowest BCUT2D eigenvalue weighted by molar-refractivity contribution is -0.139. The molecule has 0 bridgehead atoms. The van der Waals surface area contributed by atoms with Crippen molar-refractivity contribution < 1.29 is 23.1 Å². The van der Waals surface area contributed by atoms with E-state index >= 15 is 0 Å². The van der Waals surface area contributed by atoms with Gasteiger partial charge in [0, 0.05) is 12.0 Å². The van der Waals surface area contributed by atoms with Gasteiger partial charge >= 0.3 is 5.97 Å².